The molecular weight excluding hydrogens is 384 g/mol. The Morgan fingerprint density at radius 2 is 2.00 bits per heavy atom. The number of benzene rings is 2. The fourth-order valence-electron chi connectivity index (χ4n) is 1.89. The molecule has 130 valence electrons. The van der Waals surface area contributed by atoms with E-state index in [0.29, 0.717) is 18.1 Å². The molecule has 0 bridgehead atoms. The molecule has 1 atom stereocenters. The van der Waals surface area contributed by atoms with Gasteiger partial charge in [0.25, 0.3) is 5.91 Å². The van der Waals surface area contributed by atoms with Gasteiger partial charge in [0.2, 0.25) is 0 Å². The van der Waals surface area contributed by atoms with Gasteiger partial charge in [-0.15, -0.1) is 0 Å². The van der Waals surface area contributed by atoms with Gasteiger partial charge >= 0.3 is 0 Å². The van der Waals surface area contributed by atoms with Gasteiger partial charge in [-0.2, -0.15) is 5.10 Å². The summed E-state index contributed by atoms with van der Waals surface area (Å²) >= 11 is 3.35. The van der Waals surface area contributed by atoms with Crippen LogP contribution in [0.2, 0.25) is 0 Å². The number of para-hydroxylation sites is 1. The van der Waals surface area contributed by atoms with Crippen molar-refractivity contribution in [3.63, 3.8) is 0 Å². The Morgan fingerprint density at radius 1 is 1.28 bits per heavy atom. The molecule has 2 aromatic rings. The lowest BCUT2D eigenvalue weighted by Crippen LogP contribution is -2.33. The highest BCUT2D eigenvalue weighted by atomic mass is 79.9. The van der Waals surface area contributed by atoms with E-state index in [-0.39, 0.29) is 5.91 Å². The van der Waals surface area contributed by atoms with Gasteiger partial charge in [0.15, 0.2) is 6.10 Å². The van der Waals surface area contributed by atoms with Crippen molar-refractivity contribution in [3.05, 3.63) is 71.2 Å². The number of carbonyl (C=O) groups is 1. The Hall–Kier alpha value is -2.60. The SMILES string of the molecule is C=CCOc1ccccc1C=NNC(=O)[C@H](C)Oc1ccc(Br)cc1. The minimum Gasteiger partial charge on any atom is -0.489 e. The van der Waals surface area contributed by atoms with Crippen molar-refractivity contribution in [2.75, 3.05) is 6.61 Å². The smallest absolute Gasteiger partial charge is 0.280 e. The van der Waals surface area contributed by atoms with E-state index in [1.54, 1.807) is 25.1 Å². The molecular formula is C19H19BrN2O3. The molecule has 0 aliphatic heterocycles. The fourth-order valence-corrected chi connectivity index (χ4v) is 2.16. The number of nitrogens with one attached hydrogen (secondary N) is 1. The van der Waals surface area contributed by atoms with Gasteiger partial charge in [-0.1, -0.05) is 40.7 Å². The van der Waals surface area contributed by atoms with Crippen molar-refractivity contribution in [2.24, 2.45) is 5.10 Å². The summed E-state index contributed by atoms with van der Waals surface area (Å²) in [5.41, 5.74) is 3.22. The number of hydrogen-bond donors (Lipinski definition) is 1. The third-order valence-corrected chi connectivity index (χ3v) is 3.68. The maximum Gasteiger partial charge on any atom is 0.280 e. The zero-order chi connectivity index (χ0) is 18.1. The third kappa shape index (κ3) is 6.08. The summed E-state index contributed by atoms with van der Waals surface area (Å²) in [7, 11) is 0. The molecule has 0 aliphatic carbocycles. The lowest BCUT2D eigenvalue weighted by Gasteiger charge is -2.13. The minimum atomic E-state index is -0.675. The van der Waals surface area contributed by atoms with Crippen molar-refractivity contribution in [1.82, 2.24) is 5.43 Å². The quantitative estimate of drug-likeness (QED) is 0.413. The van der Waals surface area contributed by atoms with Crippen LogP contribution in [0.3, 0.4) is 0 Å². The number of hydrogen-bond acceptors (Lipinski definition) is 4. The molecule has 2 aromatic carbocycles. The maximum absolute atomic E-state index is 12.1. The summed E-state index contributed by atoms with van der Waals surface area (Å²) in [5.74, 6) is 0.932. The third-order valence-electron chi connectivity index (χ3n) is 3.15. The predicted molar refractivity (Wildman–Crippen MR) is 102 cm³/mol. The summed E-state index contributed by atoms with van der Waals surface area (Å²) in [6, 6.07) is 14.7. The van der Waals surface area contributed by atoms with E-state index < -0.39 is 6.10 Å². The Morgan fingerprint density at radius 3 is 2.72 bits per heavy atom. The highest BCUT2D eigenvalue weighted by Crippen LogP contribution is 2.17. The number of rotatable bonds is 8. The molecule has 1 amide bonds. The van der Waals surface area contributed by atoms with Crippen LogP contribution in [0, 0.1) is 0 Å². The Labute approximate surface area is 155 Å². The Kier molecular flexibility index (Phi) is 7.22. The number of carbonyl (C=O) groups excluding carboxylic acids is 1. The summed E-state index contributed by atoms with van der Waals surface area (Å²) in [4.78, 5) is 12.1. The number of nitrogens with zero attached hydrogens (tertiary/aromatic N) is 1. The summed E-state index contributed by atoms with van der Waals surface area (Å²) in [5, 5.41) is 3.97. The average Bonchev–Trinajstić information content (AvgIpc) is 2.62. The van der Waals surface area contributed by atoms with Gasteiger partial charge in [-0.3, -0.25) is 4.79 Å². The second-order valence-corrected chi connectivity index (χ2v) is 6.00. The first-order valence-corrected chi connectivity index (χ1v) is 8.47. The van der Waals surface area contributed by atoms with Crippen LogP contribution in [-0.2, 0) is 4.79 Å². The van der Waals surface area contributed by atoms with Gasteiger partial charge in [0, 0.05) is 10.0 Å². The standard InChI is InChI=1S/C19H19BrN2O3/c1-3-12-24-18-7-5-4-6-15(18)13-21-22-19(23)14(2)25-17-10-8-16(20)9-11-17/h3-11,13-14H,1,12H2,2H3,(H,22,23)/t14-/m0/s1. The summed E-state index contributed by atoms with van der Waals surface area (Å²) in [6.45, 7) is 5.68. The van der Waals surface area contributed by atoms with Crippen LogP contribution in [-0.4, -0.2) is 24.8 Å². The first kappa shape index (κ1) is 18.7. The molecule has 0 fully saturated rings. The molecule has 0 saturated carbocycles. The number of hydrazone groups is 1. The van der Waals surface area contributed by atoms with Crippen molar-refractivity contribution in [1.29, 1.82) is 0 Å². The second-order valence-electron chi connectivity index (χ2n) is 5.09. The molecule has 0 unspecified atom stereocenters. The molecule has 0 radical (unpaired) electrons. The number of ether oxygens (including phenoxy) is 2. The molecule has 0 saturated heterocycles. The largest absolute Gasteiger partial charge is 0.489 e. The van der Waals surface area contributed by atoms with Crippen LogP contribution in [0.25, 0.3) is 0 Å². The number of amides is 1. The maximum atomic E-state index is 12.1. The van der Waals surface area contributed by atoms with E-state index in [0.717, 1.165) is 10.0 Å². The van der Waals surface area contributed by atoms with Gasteiger partial charge in [-0.05, 0) is 43.3 Å². The lowest BCUT2D eigenvalue weighted by atomic mass is 10.2. The van der Waals surface area contributed by atoms with Gasteiger partial charge in [0.05, 0.1) is 6.21 Å². The molecule has 1 N–H and O–H groups in total. The molecule has 0 aromatic heterocycles. The van der Waals surface area contributed by atoms with E-state index >= 15 is 0 Å². The van der Waals surface area contributed by atoms with E-state index in [1.165, 1.54) is 6.21 Å². The monoisotopic (exact) mass is 402 g/mol. The van der Waals surface area contributed by atoms with Gasteiger partial charge in [-0.25, -0.2) is 5.43 Å². The summed E-state index contributed by atoms with van der Waals surface area (Å²) in [6.07, 6.45) is 2.52. The first-order valence-electron chi connectivity index (χ1n) is 7.68. The lowest BCUT2D eigenvalue weighted by molar-refractivity contribution is -0.127. The van der Waals surface area contributed by atoms with Crippen LogP contribution in [0.5, 0.6) is 11.5 Å². The van der Waals surface area contributed by atoms with Crippen LogP contribution in [0.15, 0.2) is 70.8 Å². The fraction of sp³-hybridized carbons (Fsp3) is 0.158. The van der Waals surface area contributed by atoms with Gasteiger partial charge in [0.1, 0.15) is 18.1 Å². The molecule has 2 rings (SSSR count). The zero-order valence-electron chi connectivity index (χ0n) is 13.8. The molecule has 5 nitrogen and oxygen atoms in total. The van der Waals surface area contributed by atoms with Crippen molar-refractivity contribution >= 4 is 28.1 Å². The average molecular weight is 403 g/mol. The van der Waals surface area contributed by atoms with Crippen LogP contribution >= 0.6 is 15.9 Å². The summed E-state index contributed by atoms with van der Waals surface area (Å²) < 4.78 is 12.0. The highest BCUT2D eigenvalue weighted by Gasteiger charge is 2.13. The normalized spacial score (nSPS) is 11.8. The predicted octanol–water partition coefficient (Wildman–Crippen LogP) is 3.93. The Bertz CT molecular complexity index is 745. The molecule has 6 heteroatoms. The van der Waals surface area contributed by atoms with E-state index in [9.17, 15) is 4.79 Å². The Balaban J connectivity index is 1.91. The van der Waals surface area contributed by atoms with Gasteiger partial charge < -0.3 is 9.47 Å². The van der Waals surface area contributed by atoms with Crippen LogP contribution in [0.4, 0.5) is 0 Å². The second kappa shape index (κ2) is 9.64. The van der Waals surface area contributed by atoms with E-state index in [4.69, 9.17) is 9.47 Å². The van der Waals surface area contributed by atoms with E-state index in [2.05, 4.69) is 33.0 Å². The van der Waals surface area contributed by atoms with Crippen molar-refractivity contribution < 1.29 is 14.3 Å². The van der Waals surface area contributed by atoms with Crippen molar-refractivity contribution in [2.45, 2.75) is 13.0 Å². The highest BCUT2D eigenvalue weighted by molar-refractivity contribution is 9.10. The topological polar surface area (TPSA) is 59.9 Å². The molecule has 0 aliphatic rings. The van der Waals surface area contributed by atoms with Crippen molar-refractivity contribution in [3.8, 4) is 11.5 Å². The zero-order valence-corrected chi connectivity index (χ0v) is 15.4. The molecule has 0 spiro atoms. The van der Waals surface area contributed by atoms with Crippen LogP contribution in [0.1, 0.15) is 12.5 Å². The van der Waals surface area contributed by atoms with E-state index in [1.807, 2.05) is 36.4 Å². The minimum absolute atomic E-state index is 0.344. The molecule has 25 heavy (non-hydrogen) atoms. The first-order chi connectivity index (χ1) is 12.1. The molecule has 0 heterocycles. The van der Waals surface area contributed by atoms with Crippen LogP contribution < -0.4 is 14.9 Å². The number of halogens is 1.